The number of hydrogen-bond acceptors (Lipinski definition) is 2. The van der Waals surface area contributed by atoms with Crippen molar-refractivity contribution < 1.29 is 5.11 Å². The lowest BCUT2D eigenvalue weighted by atomic mass is 10.1. The molecular weight excluding hydrogens is 162 g/mol. The molecule has 0 aromatic carbocycles. The second-order valence-corrected chi connectivity index (χ2v) is 4.53. The van der Waals surface area contributed by atoms with Gasteiger partial charge in [0.05, 0.1) is 0 Å². The van der Waals surface area contributed by atoms with Crippen LogP contribution in [-0.4, -0.2) is 35.7 Å². The molecule has 1 aliphatic carbocycles. The highest BCUT2D eigenvalue weighted by molar-refractivity contribution is 4.84. The van der Waals surface area contributed by atoms with Crippen LogP contribution in [0.2, 0.25) is 0 Å². The molecule has 1 N–H and O–H groups in total. The van der Waals surface area contributed by atoms with Gasteiger partial charge in [-0.3, -0.25) is 0 Å². The summed E-state index contributed by atoms with van der Waals surface area (Å²) >= 11 is 0. The highest BCUT2D eigenvalue weighted by Gasteiger charge is 2.27. The number of aliphatic hydroxyl groups is 1. The van der Waals surface area contributed by atoms with Gasteiger partial charge in [-0.2, -0.15) is 0 Å². The lowest BCUT2D eigenvalue weighted by Gasteiger charge is -2.22. The third kappa shape index (κ3) is 4.63. The summed E-state index contributed by atoms with van der Waals surface area (Å²) in [5.41, 5.74) is 0. The molecule has 1 rings (SSSR count). The molecule has 0 bridgehead atoms. The monoisotopic (exact) mass is 185 g/mol. The van der Waals surface area contributed by atoms with E-state index >= 15 is 0 Å². The van der Waals surface area contributed by atoms with Gasteiger partial charge in [0.1, 0.15) is 0 Å². The fourth-order valence-electron chi connectivity index (χ4n) is 1.61. The molecule has 78 valence electrons. The van der Waals surface area contributed by atoms with E-state index in [9.17, 15) is 0 Å². The van der Waals surface area contributed by atoms with Gasteiger partial charge in [-0.05, 0) is 38.1 Å². The summed E-state index contributed by atoms with van der Waals surface area (Å²) in [7, 11) is 0. The number of hydrogen-bond donors (Lipinski definition) is 1. The molecule has 0 amide bonds. The summed E-state index contributed by atoms with van der Waals surface area (Å²) < 4.78 is 0. The van der Waals surface area contributed by atoms with Crippen molar-refractivity contribution in [3.8, 4) is 0 Å². The average Bonchev–Trinajstić information content (AvgIpc) is 2.87. The van der Waals surface area contributed by atoms with Gasteiger partial charge in [0.25, 0.3) is 0 Å². The van der Waals surface area contributed by atoms with Gasteiger partial charge in [-0.1, -0.05) is 13.8 Å². The SMILES string of the molecule is CC(C)CCN(CCCO)C1CC1. The summed E-state index contributed by atoms with van der Waals surface area (Å²) in [5, 5.41) is 8.77. The first kappa shape index (κ1) is 11.0. The van der Waals surface area contributed by atoms with Crippen molar-refractivity contribution in [3.05, 3.63) is 0 Å². The Kier molecular flexibility index (Phi) is 4.74. The molecule has 0 spiro atoms. The van der Waals surface area contributed by atoms with Crippen LogP contribution in [0.4, 0.5) is 0 Å². The fourth-order valence-corrected chi connectivity index (χ4v) is 1.61. The molecule has 13 heavy (non-hydrogen) atoms. The number of nitrogens with zero attached hydrogens (tertiary/aromatic N) is 1. The Morgan fingerprint density at radius 2 is 2.00 bits per heavy atom. The van der Waals surface area contributed by atoms with Crippen molar-refractivity contribution in [2.45, 2.75) is 45.6 Å². The van der Waals surface area contributed by atoms with E-state index < -0.39 is 0 Å². The minimum atomic E-state index is 0.338. The highest BCUT2D eigenvalue weighted by Crippen LogP contribution is 2.27. The third-order valence-electron chi connectivity index (χ3n) is 2.66. The van der Waals surface area contributed by atoms with E-state index in [4.69, 9.17) is 5.11 Å². The van der Waals surface area contributed by atoms with Crippen LogP contribution in [0.3, 0.4) is 0 Å². The second kappa shape index (κ2) is 5.61. The summed E-state index contributed by atoms with van der Waals surface area (Å²) in [6, 6.07) is 0.852. The smallest absolute Gasteiger partial charge is 0.0443 e. The Morgan fingerprint density at radius 3 is 2.46 bits per heavy atom. The van der Waals surface area contributed by atoms with Crippen LogP contribution >= 0.6 is 0 Å². The summed E-state index contributed by atoms with van der Waals surface area (Å²) in [5.74, 6) is 0.801. The van der Waals surface area contributed by atoms with E-state index in [-0.39, 0.29) is 0 Å². The van der Waals surface area contributed by atoms with Crippen molar-refractivity contribution in [1.82, 2.24) is 4.90 Å². The summed E-state index contributed by atoms with van der Waals surface area (Å²) in [6.07, 6.45) is 4.99. The predicted octanol–water partition coefficient (Wildman–Crippen LogP) is 1.88. The van der Waals surface area contributed by atoms with Gasteiger partial charge < -0.3 is 10.0 Å². The first-order chi connectivity index (χ1) is 6.24. The molecule has 0 heterocycles. The average molecular weight is 185 g/mol. The Balaban J connectivity index is 2.13. The quantitative estimate of drug-likeness (QED) is 0.654. The molecule has 0 aliphatic heterocycles. The van der Waals surface area contributed by atoms with Gasteiger partial charge in [0.2, 0.25) is 0 Å². The third-order valence-corrected chi connectivity index (χ3v) is 2.66. The van der Waals surface area contributed by atoms with Crippen LogP contribution in [0.15, 0.2) is 0 Å². The van der Waals surface area contributed by atoms with E-state index in [1.165, 1.54) is 25.8 Å². The van der Waals surface area contributed by atoms with Crippen LogP contribution in [0.1, 0.15) is 39.5 Å². The van der Waals surface area contributed by atoms with Crippen molar-refractivity contribution in [1.29, 1.82) is 0 Å². The molecule has 0 unspecified atom stereocenters. The molecule has 1 fully saturated rings. The maximum Gasteiger partial charge on any atom is 0.0443 e. The molecule has 0 aromatic rings. The van der Waals surface area contributed by atoms with E-state index in [1.807, 2.05) is 0 Å². The zero-order valence-corrected chi connectivity index (χ0v) is 9.00. The summed E-state index contributed by atoms with van der Waals surface area (Å²) in [4.78, 5) is 2.55. The van der Waals surface area contributed by atoms with Crippen LogP contribution < -0.4 is 0 Å². The lowest BCUT2D eigenvalue weighted by molar-refractivity contribution is 0.209. The first-order valence-electron chi connectivity index (χ1n) is 5.59. The van der Waals surface area contributed by atoms with Gasteiger partial charge in [0.15, 0.2) is 0 Å². The van der Waals surface area contributed by atoms with Crippen molar-refractivity contribution in [2.24, 2.45) is 5.92 Å². The van der Waals surface area contributed by atoms with Crippen molar-refractivity contribution >= 4 is 0 Å². The second-order valence-electron chi connectivity index (χ2n) is 4.53. The molecule has 0 aromatic heterocycles. The van der Waals surface area contributed by atoms with E-state index in [0.717, 1.165) is 24.9 Å². The standard InChI is InChI=1S/C11H23NO/c1-10(2)6-8-12(7-3-9-13)11-4-5-11/h10-11,13H,3-9H2,1-2H3. The number of rotatable bonds is 7. The van der Waals surface area contributed by atoms with E-state index in [2.05, 4.69) is 18.7 Å². The van der Waals surface area contributed by atoms with Crippen molar-refractivity contribution in [3.63, 3.8) is 0 Å². The molecule has 1 aliphatic rings. The minimum absolute atomic E-state index is 0.338. The van der Waals surface area contributed by atoms with Gasteiger partial charge in [-0.25, -0.2) is 0 Å². The topological polar surface area (TPSA) is 23.5 Å². The predicted molar refractivity (Wildman–Crippen MR) is 55.8 cm³/mol. The first-order valence-corrected chi connectivity index (χ1v) is 5.59. The zero-order valence-electron chi connectivity index (χ0n) is 9.00. The zero-order chi connectivity index (χ0) is 9.68. The molecule has 2 nitrogen and oxygen atoms in total. The van der Waals surface area contributed by atoms with Crippen LogP contribution in [0, 0.1) is 5.92 Å². The van der Waals surface area contributed by atoms with E-state index in [0.29, 0.717) is 6.61 Å². The minimum Gasteiger partial charge on any atom is -0.396 e. The van der Waals surface area contributed by atoms with Gasteiger partial charge in [0, 0.05) is 19.2 Å². The van der Waals surface area contributed by atoms with Crippen LogP contribution in [0.5, 0.6) is 0 Å². The maximum absolute atomic E-state index is 8.77. The fraction of sp³-hybridized carbons (Fsp3) is 1.00. The van der Waals surface area contributed by atoms with Crippen LogP contribution in [-0.2, 0) is 0 Å². The number of aliphatic hydroxyl groups excluding tert-OH is 1. The Morgan fingerprint density at radius 1 is 1.31 bits per heavy atom. The molecule has 0 atom stereocenters. The highest BCUT2D eigenvalue weighted by atomic mass is 16.3. The normalized spacial score (nSPS) is 17.3. The molecule has 0 saturated heterocycles. The molecule has 2 heteroatoms. The van der Waals surface area contributed by atoms with Gasteiger partial charge >= 0.3 is 0 Å². The lowest BCUT2D eigenvalue weighted by Crippen LogP contribution is -2.29. The largest absolute Gasteiger partial charge is 0.396 e. The Hall–Kier alpha value is -0.0800. The van der Waals surface area contributed by atoms with E-state index in [1.54, 1.807) is 0 Å². The van der Waals surface area contributed by atoms with Gasteiger partial charge in [-0.15, -0.1) is 0 Å². The van der Waals surface area contributed by atoms with Crippen molar-refractivity contribution in [2.75, 3.05) is 19.7 Å². The summed E-state index contributed by atoms with van der Waals surface area (Å²) in [6.45, 7) is 7.20. The Bertz CT molecular complexity index is 132. The Labute approximate surface area is 81.9 Å². The molecule has 1 saturated carbocycles. The molecular formula is C11H23NO. The maximum atomic E-state index is 8.77. The molecule has 0 radical (unpaired) electrons. The van der Waals surface area contributed by atoms with Crippen LogP contribution in [0.25, 0.3) is 0 Å².